The summed E-state index contributed by atoms with van der Waals surface area (Å²) in [6, 6.07) is 0. The third kappa shape index (κ3) is 13.2. The Morgan fingerprint density at radius 1 is 0.750 bits per heavy atom. The molecular formula is C15H31NO15S. The Balaban J connectivity index is 0. The van der Waals surface area contributed by atoms with Crippen LogP contribution < -0.4 is 4.72 Å². The maximum atomic E-state index is 10.5. The van der Waals surface area contributed by atoms with Crippen molar-refractivity contribution in [2.24, 2.45) is 0 Å². The van der Waals surface area contributed by atoms with Crippen molar-refractivity contribution in [3.8, 4) is 0 Å². The van der Waals surface area contributed by atoms with E-state index in [0.717, 1.165) is 6.08 Å². The molecule has 192 valence electrons. The van der Waals surface area contributed by atoms with E-state index in [0.29, 0.717) is 0 Å². The Hall–Kier alpha value is -1.48. The largest absolute Gasteiger partial charge is 0.409 e. The van der Waals surface area contributed by atoms with Crippen LogP contribution in [0.5, 0.6) is 0 Å². The topological polar surface area (TPSA) is 295 Å². The second-order valence-corrected chi connectivity index (χ2v) is 7.51. The fourth-order valence-electron chi connectivity index (χ4n) is 1.70. The number of hydrogen-bond acceptors (Lipinski definition) is 15. The van der Waals surface area contributed by atoms with Crippen molar-refractivity contribution in [1.82, 2.24) is 4.72 Å². The molecule has 0 fully saturated rings. The standard InChI is InChI=1S/C6H14O6.C5H12O5.C4H5NO4S/c7-1-3(9)5(11)6(12)4(10)2-8;6-1-3(8)5(10)4(9)2-7;1-3-2-4(6)5-10(7,8)9-3/h3-12H,1-2H2;3-10H,1-2H2;2H,1H3,(H,5,6)/t3-,4+,5-,6-;3-,4+,5+;/m1../s1. The Morgan fingerprint density at radius 3 is 1.31 bits per heavy atom. The van der Waals surface area contributed by atoms with Gasteiger partial charge in [0.05, 0.1) is 26.4 Å². The molecule has 0 saturated carbocycles. The Labute approximate surface area is 183 Å². The highest BCUT2D eigenvalue weighted by Crippen LogP contribution is 2.05. The lowest BCUT2D eigenvalue weighted by Gasteiger charge is -2.24. The number of aliphatic hydroxyl groups is 11. The molecule has 32 heavy (non-hydrogen) atoms. The number of amides is 1. The number of carbonyl (C=O) groups is 1. The van der Waals surface area contributed by atoms with Gasteiger partial charge in [-0.3, -0.25) is 4.79 Å². The first-order valence-electron chi connectivity index (χ1n) is 8.81. The molecule has 17 heteroatoms. The highest BCUT2D eigenvalue weighted by molar-refractivity contribution is 7.85. The van der Waals surface area contributed by atoms with Gasteiger partial charge in [0.15, 0.2) is 0 Å². The summed E-state index contributed by atoms with van der Waals surface area (Å²) in [6.45, 7) is -1.35. The quantitative estimate of drug-likeness (QED) is 0.141. The van der Waals surface area contributed by atoms with Gasteiger partial charge < -0.3 is 60.4 Å². The van der Waals surface area contributed by atoms with Crippen molar-refractivity contribution < 1.29 is 73.6 Å². The molecule has 0 saturated heterocycles. The van der Waals surface area contributed by atoms with Crippen molar-refractivity contribution in [2.45, 2.75) is 49.7 Å². The molecule has 0 spiro atoms. The minimum Gasteiger partial charge on any atom is -0.394 e. The van der Waals surface area contributed by atoms with Crippen LogP contribution in [-0.4, -0.2) is 140 Å². The molecule has 16 nitrogen and oxygen atoms in total. The summed E-state index contributed by atoms with van der Waals surface area (Å²) in [5.41, 5.74) is 0. The van der Waals surface area contributed by atoms with Crippen LogP contribution in [0.4, 0.5) is 0 Å². The van der Waals surface area contributed by atoms with Gasteiger partial charge in [-0.1, -0.05) is 0 Å². The zero-order chi connectivity index (χ0) is 25.6. The highest BCUT2D eigenvalue weighted by atomic mass is 32.2. The van der Waals surface area contributed by atoms with Crippen LogP contribution in [0.25, 0.3) is 0 Å². The SMILES string of the molecule is CC1=CC(=O)NS(=O)(=O)O1.OC[C@@H](O)[C@@H](O)[C@H](O)[C@@H](O)CO.OC[C@@H](O)[C@H](O)[C@@H](O)CO. The number of hydrogen-bond donors (Lipinski definition) is 12. The first-order chi connectivity index (χ1) is 14.7. The van der Waals surface area contributed by atoms with Crippen LogP contribution in [0.2, 0.25) is 0 Å². The summed E-state index contributed by atoms with van der Waals surface area (Å²) in [5.74, 6) is -0.604. The van der Waals surface area contributed by atoms with Gasteiger partial charge in [-0.25, -0.2) is 4.72 Å². The first-order valence-corrected chi connectivity index (χ1v) is 10.2. The highest BCUT2D eigenvalue weighted by Gasteiger charge is 2.29. The summed E-state index contributed by atoms with van der Waals surface area (Å²) in [5, 5.41) is 94.8. The smallest absolute Gasteiger partial charge is 0.394 e. The summed E-state index contributed by atoms with van der Waals surface area (Å²) in [6.07, 6.45) is -9.63. The molecule has 0 bridgehead atoms. The van der Waals surface area contributed by atoms with E-state index in [1.165, 1.54) is 6.92 Å². The molecule has 1 aliphatic heterocycles. The number of rotatable bonds is 9. The van der Waals surface area contributed by atoms with E-state index in [2.05, 4.69) is 4.18 Å². The van der Waals surface area contributed by atoms with Crippen LogP contribution in [0, 0.1) is 0 Å². The first kappa shape index (κ1) is 32.7. The van der Waals surface area contributed by atoms with E-state index in [-0.39, 0.29) is 5.76 Å². The average Bonchev–Trinajstić information content (AvgIpc) is 2.74. The molecule has 7 atom stereocenters. The molecule has 0 radical (unpaired) electrons. The lowest BCUT2D eigenvalue weighted by molar-refractivity contribution is -0.123. The molecule has 1 rings (SSSR count). The van der Waals surface area contributed by atoms with Crippen LogP contribution in [0.3, 0.4) is 0 Å². The zero-order valence-corrected chi connectivity index (χ0v) is 17.7. The molecule has 0 aliphatic carbocycles. The summed E-state index contributed by atoms with van der Waals surface area (Å²) < 4.78 is 26.8. The molecular weight excluding hydrogens is 466 g/mol. The van der Waals surface area contributed by atoms with E-state index in [1.807, 2.05) is 0 Å². The third-order valence-corrected chi connectivity index (χ3v) is 4.41. The average molecular weight is 497 g/mol. The maximum absolute atomic E-state index is 10.5. The van der Waals surface area contributed by atoms with Gasteiger partial charge >= 0.3 is 10.3 Å². The van der Waals surface area contributed by atoms with Crippen molar-refractivity contribution in [2.75, 3.05) is 26.4 Å². The van der Waals surface area contributed by atoms with Gasteiger partial charge in [-0.2, -0.15) is 8.42 Å². The minimum atomic E-state index is -3.85. The predicted octanol–water partition coefficient (Wildman–Crippen LogP) is -7.25. The lowest BCUT2D eigenvalue weighted by Crippen LogP contribution is -2.46. The van der Waals surface area contributed by atoms with Crippen molar-refractivity contribution in [3.05, 3.63) is 11.8 Å². The predicted molar refractivity (Wildman–Crippen MR) is 102 cm³/mol. The summed E-state index contributed by atoms with van der Waals surface area (Å²) >= 11 is 0. The molecule has 1 aliphatic rings. The normalized spacial score (nSPS) is 21.4. The van der Waals surface area contributed by atoms with Gasteiger partial charge in [0, 0.05) is 6.08 Å². The van der Waals surface area contributed by atoms with Gasteiger partial charge in [0.25, 0.3) is 5.91 Å². The molecule has 12 N–H and O–H groups in total. The number of aliphatic hydroxyl groups excluding tert-OH is 11. The second-order valence-electron chi connectivity index (χ2n) is 6.23. The molecule has 1 amide bonds. The van der Waals surface area contributed by atoms with Crippen molar-refractivity contribution >= 4 is 16.2 Å². The third-order valence-electron chi connectivity index (χ3n) is 3.48. The van der Waals surface area contributed by atoms with Crippen LogP contribution in [0.15, 0.2) is 11.8 Å². The van der Waals surface area contributed by atoms with Crippen LogP contribution >= 0.6 is 0 Å². The van der Waals surface area contributed by atoms with Gasteiger partial charge in [0.1, 0.15) is 48.5 Å². The molecule has 0 aromatic rings. The lowest BCUT2D eigenvalue weighted by atomic mass is 10.0. The molecule has 0 aromatic heterocycles. The Kier molecular flexibility index (Phi) is 16.5. The number of carbonyl (C=O) groups excluding carboxylic acids is 1. The zero-order valence-electron chi connectivity index (χ0n) is 16.9. The monoisotopic (exact) mass is 497 g/mol. The van der Waals surface area contributed by atoms with Crippen LogP contribution in [-0.2, 0) is 19.3 Å². The number of allylic oxidation sites excluding steroid dienone is 1. The van der Waals surface area contributed by atoms with E-state index in [9.17, 15) is 13.2 Å². The van der Waals surface area contributed by atoms with Gasteiger partial charge in [0.2, 0.25) is 0 Å². The van der Waals surface area contributed by atoms with Crippen molar-refractivity contribution in [1.29, 1.82) is 0 Å². The van der Waals surface area contributed by atoms with Gasteiger partial charge in [-0.15, -0.1) is 0 Å². The Morgan fingerprint density at radius 2 is 1.06 bits per heavy atom. The summed E-state index contributed by atoms with van der Waals surface area (Å²) in [7, 11) is -3.85. The second kappa shape index (κ2) is 16.2. The van der Waals surface area contributed by atoms with E-state index >= 15 is 0 Å². The molecule has 0 aromatic carbocycles. The van der Waals surface area contributed by atoms with E-state index in [4.69, 9.17) is 56.2 Å². The summed E-state index contributed by atoms with van der Waals surface area (Å²) in [4.78, 5) is 10.4. The van der Waals surface area contributed by atoms with E-state index < -0.39 is 85.4 Å². The molecule has 0 unspecified atom stereocenters. The fourth-order valence-corrected chi connectivity index (χ4v) is 2.44. The minimum absolute atomic E-state index is 0.0729. The van der Waals surface area contributed by atoms with Crippen LogP contribution in [0.1, 0.15) is 6.92 Å². The fraction of sp³-hybridized carbons (Fsp3) is 0.800. The Bertz CT molecular complexity index is 633. The number of nitrogens with one attached hydrogen (secondary N) is 1. The maximum Gasteiger partial charge on any atom is 0.409 e. The molecule has 1 heterocycles. The van der Waals surface area contributed by atoms with Gasteiger partial charge in [-0.05, 0) is 6.92 Å². The van der Waals surface area contributed by atoms with Crippen molar-refractivity contribution in [3.63, 3.8) is 0 Å². The van der Waals surface area contributed by atoms with E-state index in [1.54, 1.807) is 4.72 Å².